The molecule has 0 fully saturated rings. The number of pyridine rings is 1. The molecule has 0 spiro atoms. The predicted octanol–water partition coefficient (Wildman–Crippen LogP) is 2.75. The molecule has 1 aliphatic rings. The van der Waals surface area contributed by atoms with E-state index in [0.29, 0.717) is 6.04 Å². The van der Waals surface area contributed by atoms with Crippen LogP contribution in [-0.2, 0) is 12.0 Å². The zero-order chi connectivity index (χ0) is 13.4. The van der Waals surface area contributed by atoms with E-state index in [-0.39, 0.29) is 5.54 Å². The minimum Gasteiger partial charge on any atom is -0.221 e. The Hall–Kier alpha value is -1.31. The Kier molecular flexibility index (Phi) is 1.67. The highest BCUT2D eigenvalue weighted by atomic mass is 15.2. The number of aryl methyl sites for hydroxylation is 3. The molecule has 17 heavy (non-hydrogen) atoms. The number of hydrogen-bond donors (Lipinski definition) is 0. The number of aromatic nitrogens is 2. The second kappa shape index (κ2) is 2.92. The molecule has 2 nitrogen and oxygen atoms in total. The van der Waals surface area contributed by atoms with Crippen molar-refractivity contribution in [2.45, 2.75) is 53.5 Å². The monoisotopic (exact) mass is 231 g/mol. The Balaban J connectivity index is 2.58. The van der Waals surface area contributed by atoms with Crippen molar-refractivity contribution in [3.63, 3.8) is 0 Å². The van der Waals surface area contributed by atoms with Gasteiger partial charge in [0.1, 0.15) is 16.9 Å². The normalized spacial score (nSPS) is 17.9. The Bertz CT molecular complexity index is 693. The average Bonchev–Trinajstić information content (AvgIpc) is 2.54. The summed E-state index contributed by atoms with van der Waals surface area (Å²) in [4.78, 5) is 0. The van der Waals surface area contributed by atoms with Crippen molar-refractivity contribution in [3.8, 4) is 0 Å². The highest BCUT2D eigenvalue weighted by Crippen LogP contribution is 2.31. The van der Waals surface area contributed by atoms with Gasteiger partial charge in [-0.3, -0.25) is 0 Å². The topological polar surface area (TPSA) is 8.29 Å². The first-order valence-electron chi connectivity index (χ1n) is 6.80. The SMILES string of the molecule is [3H]c1c(C)c(C)n2c(C)c3[n+](c2c1C)C(C)(C)C3. The van der Waals surface area contributed by atoms with Gasteiger partial charge in [0.25, 0.3) is 5.65 Å². The molecule has 2 heteroatoms. The summed E-state index contributed by atoms with van der Waals surface area (Å²) in [6, 6.07) is 0.690. The Labute approximate surface area is 104 Å². The van der Waals surface area contributed by atoms with Gasteiger partial charge in [-0.05, 0) is 46.2 Å². The lowest BCUT2D eigenvalue weighted by Gasteiger charge is -2.31. The van der Waals surface area contributed by atoms with Gasteiger partial charge in [-0.2, -0.15) is 4.40 Å². The van der Waals surface area contributed by atoms with Crippen molar-refractivity contribution >= 4 is 5.65 Å². The van der Waals surface area contributed by atoms with Crippen LogP contribution in [0.1, 0.15) is 43.4 Å². The van der Waals surface area contributed by atoms with Crippen LogP contribution in [0.4, 0.5) is 0 Å². The lowest BCUT2D eigenvalue weighted by Crippen LogP contribution is -2.65. The Morgan fingerprint density at radius 2 is 1.82 bits per heavy atom. The molecule has 0 radical (unpaired) electrons. The molecule has 0 atom stereocenters. The van der Waals surface area contributed by atoms with Gasteiger partial charge in [0, 0.05) is 12.5 Å². The molecule has 1 aliphatic heterocycles. The van der Waals surface area contributed by atoms with E-state index in [2.05, 4.69) is 50.5 Å². The summed E-state index contributed by atoms with van der Waals surface area (Å²) in [5.41, 5.74) is 7.57. The maximum atomic E-state index is 8.27. The Morgan fingerprint density at radius 3 is 2.41 bits per heavy atom. The molecule has 2 aromatic heterocycles. The third-order valence-electron chi connectivity index (χ3n) is 4.24. The third-order valence-corrected chi connectivity index (χ3v) is 4.24. The van der Waals surface area contributed by atoms with Crippen molar-refractivity contribution in [1.29, 1.82) is 0 Å². The number of hydrogen-bond acceptors (Lipinski definition) is 0. The highest BCUT2D eigenvalue weighted by Gasteiger charge is 2.46. The van der Waals surface area contributed by atoms with Gasteiger partial charge in [0.15, 0.2) is 5.69 Å². The van der Waals surface area contributed by atoms with Crippen molar-refractivity contribution < 1.29 is 5.94 Å². The second-order valence-electron chi connectivity index (χ2n) is 5.98. The molecule has 0 unspecified atom stereocenters. The van der Waals surface area contributed by atoms with Crippen LogP contribution in [0.2, 0.25) is 0 Å². The Morgan fingerprint density at radius 1 is 1.18 bits per heavy atom. The molecule has 0 aliphatic carbocycles. The third kappa shape index (κ3) is 1.13. The van der Waals surface area contributed by atoms with Crippen LogP contribution >= 0.6 is 0 Å². The maximum absolute atomic E-state index is 8.27. The van der Waals surface area contributed by atoms with E-state index >= 15 is 0 Å². The largest absolute Gasteiger partial charge is 0.290 e. The van der Waals surface area contributed by atoms with E-state index in [1.165, 1.54) is 22.7 Å². The molecule has 0 saturated carbocycles. The van der Waals surface area contributed by atoms with E-state index in [1.54, 1.807) is 0 Å². The lowest BCUT2D eigenvalue weighted by atomic mass is 9.89. The molecule has 3 heterocycles. The van der Waals surface area contributed by atoms with E-state index in [1.807, 2.05) is 0 Å². The minimum atomic E-state index is 0.188. The van der Waals surface area contributed by atoms with Crippen molar-refractivity contribution in [2.75, 3.05) is 0 Å². The van der Waals surface area contributed by atoms with Crippen LogP contribution in [0.3, 0.4) is 0 Å². The van der Waals surface area contributed by atoms with Crippen LogP contribution in [0, 0.1) is 27.7 Å². The van der Waals surface area contributed by atoms with E-state index in [9.17, 15) is 0 Å². The molecule has 0 saturated heterocycles. The fourth-order valence-electron chi connectivity index (χ4n) is 3.28. The summed E-state index contributed by atoms with van der Waals surface area (Å²) in [6.07, 6.45) is 1.13. The molecular formula is C15H21N2+. The van der Waals surface area contributed by atoms with Gasteiger partial charge in [0.05, 0.1) is 7.79 Å². The minimum absolute atomic E-state index is 0.188. The fourth-order valence-corrected chi connectivity index (χ4v) is 3.28. The smallest absolute Gasteiger partial charge is 0.221 e. The number of fused-ring (bicyclic) bond motifs is 3. The maximum Gasteiger partial charge on any atom is 0.290 e. The van der Waals surface area contributed by atoms with Gasteiger partial charge in [-0.1, -0.05) is 0 Å². The quantitative estimate of drug-likeness (QED) is 0.616. The summed E-state index contributed by atoms with van der Waals surface area (Å²) < 4.78 is 13.0. The average molecular weight is 231 g/mol. The van der Waals surface area contributed by atoms with Crippen molar-refractivity contribution in [2.24, 2.45) is 0 Å². The van der Waals surface area contributed by atoms with E-state index in [0.717, 1.165) is 17.5 Å². The van der Waals surface area contributed by atoms with Gasteiger partial charge in [0.2, 0.25) is 0 Å². The summed E-state index contributed by atoms with van der Waals surface area (Å²) in [6.45, 7) is 13.0. The van der Waals surface area contributed by atoms with E-state index < -0.39 is 0 Å². The molecule has 0 N–H and O–H groups in total. The number of nitrogens with zero attached hydrogens (tertiary/aromatic N) is 2. The zero-order valence-corrected chi connectivity index (χ0v) is 11.6. The van der Waals surface area contributed by atoms with Crippen LogP contribution in [0.5, 0.6) is 0 Å². The van der Waals surface area contributed by atoms with E-state index in [4.69, 9.17) is 1.37 Å². The predicted molar refractivity (Wildman–Crippen MR) is 69.6 cm³/mol. The molecular weight excluding hydrogens is 208 g/mol. The van der Waals surface area contributed by atoms with Gasteiger partial charge in [-0.25, -0.2) is 4.57 Å². The number of imidazole rings is 1. The molecule has 0 bridgehead atoms. The first kappa shape index (κ1) is 9.69. The highest BCUT2D eigenvalue weighted by molar-refractivity contribution is 5.50. The lowest BCUT2D eigenvalue weighted by molar-refractivity contribution is -0.781. The summed E-state index contributed by atoms with van der Waals surface area (Å²) in [5, 5.41) is 0. The summed E-state index contributed by atoms with van der Waals surface area (Å²) >= 11 is 0. The van der Waals surface area contributed by atoms with Crippen LogP contribution in [-0.4, -0.2) is 4.40 Å². The molecule has 0 amide bonds. The zero-order valence-electron chi connectivity index (χ0n) is 12.6. The summed E-state index contributed by atoms with van der Waals surface area (Å²) in [5.74, 6) is 0. The molecule has 90 valence electrons. The van der Waals surface area contributed by atoms with Crippen molar-refractivity contribution in [1.82, 2.24) is 4.40 Å². The molecule has 0 aromatic carbocycles. The molecule has 3 rings (SSSR count). The van der Waals surface area contributed by atoms with Gasteiger partial charge in [-0.15, -0.1) is 0 Å². The van der Waals surface area contributed by atoms with Crippen LogP contribution in [0.25, 0.3) is 5.65 Å². The van der Waals surface area contributed by atoms with Crippen LogP contribution in [0.15, 0.2) is 6.04 Å². The molecule has 2 aromatic rings. The summed E-state index contributed by atoms with van der Waals surface area (Å²) in [7, 11) is 0. The van der Waals surface area contributed by atoms with Gasteiger partial charge < -0.3 is 0 Å². The van der Waals surface area contributed by atoms with Crippen molar-refractivity contribution in [3.05, 3.63) is 34.3 Å². The second-order valence-corrected chi connectivity index (χ2v) is 5.98. The fraction of sp³-hybridized carbons (Fsp3) is 0.533. The first-order valence-corrected chi connectivity index (χ1v) is 6.30. The van der Waals surface area contributed by atoms with Crippen LogP contribution < -0.4 is 4.57 Å². The first-order chi connectivity index (χ1) is 8.27. The standard InChI is InChI=1S/C15H21N2/c1-9-7-10(2)14-16(11(9)3)12(4)13-8-15(5,6)17(13)14/h7H,8H2,1-6H3/q+1/i7T. The number of rotatable bonds is 0. The van der Waals surface area contributed by atoms with Gasteiger partial charge >= 0.3 is 0 Å².